The van der Waals surface area contributed by atoms with Gasteiger partial charge >= 0.3 is 0 Å². The van der Waals surface area contributed by atoms with Crippen molar-refractivity contribution in [3.63, 3.8) is 0 Å². The predicted molar refractivity (Wildman–Crippen MR) is 64.6 cm³/mol. The number of hydrogen-bond acceptors (Lipinski definition) is 3. The standard InChI is InChI=1S/C13H19FN2O/c1-2-12-10(7-8-17-12)13(16-15)9-5-3-4-6-11(9)14/h3-6,10,12-13,16H,2,7-8,15H2,1H3. The van der Waals surface area contributed by atoms with E-state index in [0.29, 0.717) is 5.56 Å². The van der Waals surface area contributed by atoms with E-state index in [2.05, 4.69) is 12.3 Å². The third kappa shape index (κ3) is 2.49. The number of nitrogens with two attached hydrogens (primary N) is 1. The molecule has 0 radical (unpaired) electrons. The van der Waals surface area contributed by atoms with Crippen LogP contribution < -0.4 is 11.3 Å². The first-order valence-corrected chi connectivity index (χ1v) is 6.10. The summed E-state index contributed by atoms with van der Waals surface area (Å²) in [5.41, 5.74) is 3.37. The molecule has 1 aliphatic rings. The van der Waals surface area contributed by atoms with E-state index < -0.39 is 0 Å². The third-order valence-electron chi connectivity index (χ3n) is 3.51. The second-order valence-corrected chi connectivity index (χ2v) is 4.44. The van der Waals surface area contributed by atoms with Gasteiger partial charge < -0.3 is 4.74 Å². The van der Waals surface area contributed by atoms with Crippen LogP contribution in [-0.4, -0.2) is 12.7 Å². The Bertz CT molecular complexity index is 372. The number of rotatable bonds is 4. The van der Waals surface area contributed by atoms with E-state index in [1.54, 1.807) is 12.1 Å². The molecule has 3 unspecified atom stereocenters. The maximum absolute atomic E-state index is 13.8. The highest BCUT2D eigenvalue weighted by Crippen LogP contribution is 2.35. The van der Waals surface area contributed by atoms with Crippen molar-refractivity contribution in [2.24, 2.45) is 11.8 Å². The lowest BCUT2D eigenvalue weighted by Gasteiger charge is -2.27. The Morgan fingerprint density at radius 2 is 2.29 bits per heavy atom. The van der Waals surface area contributed by atoms with E-state index in [1.807, 2.05) is 6.07 Å². The average molecular weight is 238 g/mol. The van der Waals surface area contributed by atoms with Crippen LogP contribution in [0.4, 0.5) is 4.39 Å². The van der Waals surface area contributed by atoms with E-state index in [4.69, 9.17) is 10.6 Å². The number of benzene rings is 1. The second-order valence-electron chi connectivity index (χ2n) is 4.44. The Kier molecular flexibility index (Phi) is 4.10. The lowest BCUT2D eigenvalue weighted by atomic mass is 9.87. The third-order valence-corrected chi connectivity index (χ3v) is 3.51. The molecule has 3 nitrogen and oxygen atoms in total. The molecule has 0 saturated carbocycles. The number of hydrazine groups is 1. The van der Waals surface area contributed by atoms with Gasteiger partial charge in [0.2, 0.25) is 0 Å². The molecule has 3 N–H and O–H groups in total. The fraction of sp³-hybridized carbons (Fsp3) is 0.538. The molecule has 1 aromatic rings. The Morgan fingerprint density at radius 1 is 1.53 bits per heavy atom. The van der Waals surface area contributed by atoms with E-state index >= 15 is 0 Å². The van der Waals surface area contributed by atoms with E-state index in [0.717, 1.165) is 19.4 Å². The Balaban J connectivity index is 2.24. The average Bonchev–Trinajstić information content (AvgIpc) is 2.81. The van der Waals surface area contributed by atoms with Gasteiger partial charge in [-0.1, -0.05) is 25.1 Å². The first kappa shape index (κ1) is 12.5. The summed E-state index contributed by atoms with van der Waals surface area (Å²) in [6, 6.07) is 6.60. The molecule has 0 aromatic heterocycles. The summed E-state index contributed by atoms with van der Waals surface area (Å²) in [7, 11) is 0. The minimum atomic E-state index is -0.211. The van der Waals surface area contributed by atoms with Gasteiger partial charge in [-0.05, 0) is 18.9 Å². The molecule has 0 bridgehead atoms. The smallest absolute Gasteiger partial charge is 0.128 e. The molecular formula is C13H19FN2O. The number of ether oxygens (including phenoxy) is 1. The van der Waals surface area contributed by atoms with E-state index in [1.165, 1.54) is 6.07 Å². The van der Waals surface area contributed by atoms with Gasteiger partial charge in [0.25, 0.3) is 0 Å². The Morgan fingerprint density at radius 3 is 2.94 bits per heavy atom. The van der Waals surface area contributed by atoms with Crippen molar-refractivity contribution in [1.29, 1.82) is 0 Å². The van der Waals surface area contributed by atoms with Gasteiger partial charge in [0, 0.05) is 18.1 Å². The van der Waals surface area contributed by atoms with Gasteiger partial charge in [-0.25, -0.2) is 4.39 Å². The van der Waals surface area contributed by atoms with Gasteiger partial charge in [0.05, 0.1) is 12.1 Å². The topological polar surface area (TPSA) is 47.3 Å². The number of nitrogens with one attached hydrogen (secondary N) is 1. The van der Waals surface area contributed by atoms with E-state index in [9.17, 15) is 4.39 Å². The summed E-state index contributed by atoms with van der Waals surface area (Å²) in [5, 5.41) is 0. The Labute approximate surface area is 101 Å². The number of halogens is 1. The molecule has 1 aromatic carbocycles. The summed E-state index contributed by atoms with van der Waals surface area (Å²) in [6.45, 7) is 2.81. The summed E-state index contributed by atoms with van der Waals surface area (Å²) in [4.78, 5) is 0. The van der Waals surface area contributed by atoms with Crippen molar-refractivity contribution >= 4 is 0 Å². The van der Waals surface area contributed by atoms with Crippen LogP contribution in [0.5, 0.6) is 0 Å². The van der Waals surface area contributed by atoms with Crippen molar-refractivity contribution in [2.75, 3.05) is 6.61 Å². The van der Waals surface area contributed by atoms with Crippen LogP contribution in [-0.2, 0) is 4.74 Å². The van der Waals surface area contributed by atoms with Crippen molar-refractivity contribution in [1.82, 2.24) is 5.43 Å². The molecule has 3 atom stereocenters. The molecule has 17 heavy (non-hydrogen) atoms. The highest BCUT2D eigenvalue weighted by molar-refractivity contribution is 5.22. The maximum atomic E-state index is 13.8. The van der Waals surface area contributed by atoms with Gasteiger partial charge in [-0.2, -0.15) is 0 Å². The first-order valence-electron chi connectivity index (χ1n) is 6.10. The molecule has 2 rings (SSSR count). The molecular weight excluding hydrogens is 219 g/mol. The first-order chi connectivity index (χ1) is 8.27. The van der Waals surface area contributed by atoms with Crippen LogP contribution >= 0.6 is 0 Å². The molecule has 4 heteroatoms. The second kappa shape index (κ2) is 5.58. The highest BCUT2D eigenvalue weighted by atomic mass is 19.1. The van der Waals surface area contributed by atoms with Gasteiger partial charge in [-0.15, -0.1) is 0 Å². The van der Waals surface area contributed by atoms with Crippen LogP contribution in [0.15, 0.2) is 24.3 Å². The SMILES string of the molecule is CCC1OCCC1C(NN)c1ccccc1F. The van der Waals surface area contributed by atoms with Crippen LogP contribution in [0.3, 0.4) is 0 Å². The largest absolute Gasteiger partial charge is 0.378 e. The lowest BCUT2D eigenvalue weighted by Crippen LogP contribution is -2.37. The highest BCUT2D eigenvalue weighted by Gasteiger charge is 2.34. The van der Waals surface area contributed by atoms with Crippen LogP contribution in [0.1, 0.15) is 31.4 Å². The van der Waals surface area contributed by atoms with Gasteiger partial charge in [0.1, 0.15) is 5.82 Å². The maximum Gasteiger partial charge on any atom is 0.128 e. The van der Waals surface area contributed by atoms with Gasteiger partial charge in [-0.3, -0.25) is 11.3 Å². The van der Waals surface area contributed by atoms with Crippen molar-refractivity contribution in [2.45, 2.75) is 31.9 Å². The van der Waals surface area contributed by atoms with Crippen LogP contribution in [0.25, 0.3) is 0 Å². The quantitative estimate of drug-likeness (QED) is 0.624. The molecule has 0 amide bonds. The van der Waals surface area contributed by atoms with Crippen molar-refractivity contribution in [3.05, 3.63) is 35.6 Å². The summed E-state index contributed by atoms with van der Waals surface area (Å²) in [5.74, 6) is 5.63. The normalized spacial score (nSPS) is 26.1. The molecule has 94 valence electrons. The zero-order chi connectivity index (χ0) is 12.3. The monoisotopic (exact) mass is 238 g/mol. The molecule has 1 aliphatic heterocycles. The zero-order valence-electron chi connectivity index (χ0n) is 10.0. The molecule has 0 spiro atoms. The summed E-state index contributed by atoms with van der Waals surface area (Å²) < 4.78 is 19.4. The summed E-state index contributed by atoms with van der Waals surface area (Å²) in [6.07, 6.45) is 2.01. The fourth-order valence-electron chi connectivity index (χ4n) is 2.64. The summed E-state index contributed by atoms with van der Waals surface area (Å²) >= 11 is 0. The molecule has 1 heterocycles. The minimum absolute atomic E-state index is 0.163. The van der Waals surface area contributed by atoms with Crippen molar-refractivity contribution in [3.8, 4) is 0 Å². The van der Waals surface area contributed by atoms with Crippen LogP contribution in [0, 0.1) is 11.7 Å². The Hall–Kier alpha value is -0.970. The predicted octanol–water partition coefficient (Wildman–Crippen LogP) is 2.15. The molecule has 1 fully saturated rings. The van der Waals surface area contributed by atoms with Crippen LogP contribution in [0.2, 0.25) is 0 Å². The van der Waals surface area contributed by atoms with E-state index in [-0.39, 0.29) is 23.9 Å². The number of hydrogen-bond donors (Lipinski definition) is 2. The lowest BCUT2D eigenvalue weighted by molar-refractivity contribution is 0.0770. The molecule has 1 saturated heterocycles. The van der Waals surface area contributed by atoms with Gasteiger partial charge in [0.15, 0.2) is 0 Å². The fourth-order valence-corrected chi connectivity index (χ4v) is 2.64. The van der Waals surface area contributed by atoms with Crippen molar-refractivity contribution < 1.29 is 9.13 Å². The molecule has 0 aliphatic carbocycles. The zero-order valence-corrected chi connectivity index (χ0v) is 10.0. The minimum Gasteiger partial charge on any atom is -0.378 e.